The van der Waals surface area contributed by atoms with E-state index < -0.39 is 24.6 Å². The lowest BCUT2D eigenvalue weighted by atomic mass is 10.1. The summed E-state index contributed by atoms with van der Waals surface area (Å²) in [7, 11) is -4.98. The molecule has 0 atom stereocenters. The van der Waals surface area contributed by atoms with Crippen LogP contribution in [0.4, 0.5) is 8.78 Å². The van der Waals surface area contributed by atoms with Crippen LogP contribution in [0, 0.1) is 0 Å². The van der Waals surface area contributed by atoms with Crippen LogP contribution in [-0.2, 0) is 20.2 Å². The molecule has 0 radical (unpaired) electrons. The molecule has 146 valence electrons. The van der Waals surface area contributed by atoms with Crippen LogP contribution in [0.1, 0.15) is 29.8 Å². The van der Waals surface area contributed by atoms with E-state index in [0.717, 1.165) is 5.56 Å². The predicted molar refractivity (Wildman–Crippen MR) is 97.4 cm³/mol. The van der Waals surface area contributed by atoms with E-state index in [1.165, 1.54) is 32.0 Å². The SMILES string of the molecule is CCOP(=O)(OCC)C(F)(F)C(=O)c1ccccc1OCc1ccccc1. The molecule has 0 bridgehead atoms. The molecule has 8 heteroatoms. The number of halogens is 2. The predicted octanol–water partition coefficient (Wildman–Crippen LogP) is 5.31. The van der Waals surface area contributed by atoms with Crippen LogP contribution < -0.4 is 4.74 Å². The van der Waals surface area contributed by atoms with Gasteiger partial charge in [0.2, 0.25) is 5.78 Å². The maximum Gasteiger partial charge on any atom is 0.408 e. The molecule has 2 aromatic rings. The third-order valence-electron chi connectivity index (χ3n) is 3.58. The number of carbonyl (C=O) groups is 1. The van der Waals surface area contributed by atoms with Gasteiger partial charge in [-0.25, -0.2) is 0 Å². The Kier molecular flexibility index (Phi) is 7.25. The van der Waals surface area contributed by atoms with Gasteiger partial charge in [-0.1, -0.05) is 42.5 Å². The highest BCUT2D eigenvalue weighted by Crippen LogP contribution is 2.63. The molecule has 0 saturated heterocycles. The molecule has 0 N–H and O–H groups in total. The Morgan fingerprint density at radius 2 is 1.52 bits per heavy atom. The van der Waals surface area contributed by atoms with Crippen molar-refractivity contribution < 1.29 is 31.9 Å². The molecule has 2 aromatic carbocycles. The molecular formula is C19H21F2O5P. The van der Waals surface area contributed by atoms with E-state index in [2.05, 4.69) is 9.05 Å². The van der Waals surface area contributed by atoms with Crippen molar-refractivity contribution in [1.29, 1.82) is 0 Å². The number of para-hydroxylation sites is 1. The maximum absolute atomic E-state index is 14.8. The van der Waals surface area contributed by atoms with Crippen molar-refractivity contribution in [2.24, 2.45) is 0 Å². The Balaban J connectivity index is 2.31. The highest BCUT2D eigenvalue weighted by Gasteiger charge is 2.60. The standard InChI is InChI=1S/C19H21F2O5P/c1-3-25-27(23,26-4-2)19(20,21)18(22)16-12-8-9-13-17(16)24-14-15-10-6-5-7-11-15/h5-13H,3-4,14H2,1-2H3. The largest absolute Gasteiger partial charge is 0.488 e. The minimum atomic E-state index is -4.98. The Morgan fingerprint density at radius 3 is 2.11 bits per heavy atom. The summed E-state index contributed by atoms with van der Waals surface area (Å²) in [6, 6.07) is 14.6. The smallest absolute Gasteiger partial charge is 0.408 e. The molecular weight excluding hydrogens is 377 g/mol. The average Bonchev–Trinajstić information content (AvgIpc) is 2.67. The minimum Gasteiger partial charge on any atom is -0.488 e. The van der Waals surface area contributed by atoms with Crippen LogP contribution in [0.3, 0.4) is 0 Å². The molecule has 27 heavy (non-hydrogen) atoms. The van der Waals surface area contributed by atoms with Gasteiger partial charge in [-0.15, -0.1) is 0 Å². The van der Waals surface area contributed by atoms with E-state index in [4.69, 9.17) is 4.74 Å². The van der Waals surface area contributed by atoms with Crippen LogP contribution in [-0.4, -0.2) is 24.7 Å². The summed E-state index contributed by atoms with van der Waals surface area (Å²) in [6.45, 7) is 2.30. The summed E-state index contributed by atoms with van der Waals surface area (Å²) in [5, 5.41) is 0. The summed E-state index contributed by atoms with van der Waals surface area (Å²) >= 11 is 0. The van der Waals surface area contributed by atoms with Crippen LogP contribution in [0.5, 0.6) is 5.75 Å². The zero-order valence-corrected chi connectivity index (χ0v) is 16.0. The molecule has 0 aliphatic carbocycles. The monoisotopic (exact) mass is 398 g/mol. The number of Topliss-reactive ketones (excluding diaryl/α,β-unsaturated/α-hetero) is 1. The lowest BCUT2D eigenvalue weighted by Gasteiger charge is -2.25. The van der Waals surface area contributed by atoms with Gasteiger partial charge in [0, 0.05) is 0 Å². The lowest BCUT2D eigenvalue weighted by Crippen LogP contribution is -2.31. The molecule has 0 aromatic heterocycles. The number of benzene rings is 2. The molecule has 5 nitrogen and oxygen atoms in total. The van der Waals surface area contributed by atoms with Crippen molar-refractivity contribution in [3.8, 4) is 5.75 Å². The lowest BCUT2D eigenvalue weighted by molar-refractivity contribution is 0.0319. The van der Waals surface area contributed by atoms with Crippen molar-refractivity contribution in [3.05, 3.63) is 65.7 Å². The molecule has 0 aliphatic heterocycles. The van der Waals surface area contributed by atoms with Crippen LogP contribution in [0.15, 0.2) is 54.6 Å². The van der Waals surface area contributed by atoms with Gasteiger partial charge < -0.3 is 13.8 Å². The third kappa shape index (κ3) is 4.80. The van der Waals surface area contributed by atoms with Crippen LogP contribution in [0.2, 0.25) is 0 Å². The molecule has 0 amide bonds. The second-order valence-electron chi connectivity index (χ2n) is 5.47. The molecule has 0 spiro atoms. The number of ether oxygens (including phenoxy) is 1. The van der Waals surface area contributed by atoms with E-state index in [9.17, 15) is 18.1 Å². The van der Waals surface area contributed by atoms with E-state index in [0.29, 0.717) is 0 Å². The third-order valence-corrected chi connectivity index (χ3v) is 5.67. The number of ketones is 1. The highest BCUT2D eigenvalue weighted by atomic mass is 31.2. The van der Waals surface area contributed by atoms with Gasteiger partial charge in [-0.05, 0) is 31.5 Å². The highest BCUT2D eigenvalue weighted by molar-refractivity contribution is 7.56. The average molecular weight is 398 g/mol. The van der Waals surface area contributed by atoms with Crippen LogP contribution >= 0.6 is 7.60 Å². The first kappa shape index (κ1) is 21.2. The number of carbonyl (C=O) groups excluding carboxylic acids is 1. The summed E-state index contributed by atoms with van der Waals surface area (Å²) in [5.41, 5.74) is -3.93. The summed E-state index contributed by atoms with van der Waals surface area (Å²) < 4.78 is 56.9. The van der Waals surface area contributed by atoms with Gasteiger partial charge in [0.25, 0.3) is 0 Å². The van der Waals surface area contributed by atoms with E-state index in [1.807, 2.05) is 18.2 Å². The molecule has 0 fully saturated rings. The molecule has 0 saturated carbocycles. The second-order valence-corrected chi connectivity index (χ2v) is 7.55. The quantitative estimate of drug-likeness (QED) is 0.401. The number of rotatable bonds is 10. The molecule has 0 aliphatic rings. The van der Waals surface area contributed by atoms with Crippen molar-refractivity contribution in [3.63, 3.8) is 0 Å². The summed E-state index contributed by atoms with van der Waals surface area (Å²) in [5.74, 6) is -1.71. The maximum atomic E-state index is 14.8. The summed E-state index contributed by atoms with van der Waals surface area (Å²) in [4.78, 5) is 12.5. The first-order valence-corrected chi connectivity index (χ1v) is 9.97. The fourth-order valence-electron chi connectivity index (χ4n) is 2.34. The van der Waals surface area contributed by atoms with Crippen molar-refractivity contribution in [2.45, 2.75) is 26.1 Å². The second kappa shape index (κ2) is 9.22. The minimum absolute atomic E-state index is 0.0365. The zero-order chi connectivity index (χ0) is 19.9. The first-order chi connectivity index (χ1) is 12.9. The summed E-state index contributed by atoms with van der Waals surface area (Å²) in [6.07, 6.45) is 0. The van der Waals surface area contributed by atoms with Gasteiger partial charge in [0.05, 0.1) is 18.8 Å². The fraction of sp³-hybridized carbons (Fsp3) is 0.316. The number of hydrogen-bond acceptors (Lipinski definition) is 5. The van der Waals surface area contributed by atoms with E-state index >= 15 is 0 Å². The Hall–Kier alpha value is -2.08. The molecule has 2 rings (SSSR count). The van der Waals surface area contributed by atoms with Crippen LogP contribution in [0.25, 0.3) is 0 Å². The van der Waals surface area contributed by atoms with Gasteiger partial charge >= 0.3 is 13.3 Å². The van der Waals surface area contributed by atoms with Gasteiger partial charge in [0.1, 0.15) is 12.4 Å². The van der Waals surface area contributed by atoms with Crippen molar-refractivity contribution in [2.75, 3.05) is 13.2 Å². The Bertz CT molecular complexity index is 801. The molecule has 0 heterocycles. The zero-order valence-electron chi connectivity index (χ0n) is 15.1. The van der Waals surface area contributed by atoms with E-state index in [1.54, 1.807) is 18.2 Å². The van der Waals surface area contributed by atoms with Gasteiger partial charge in [-0.2, -0.15) is 8.78 Å². The van der Waals surface area contributed by atoms with Gasteiger partial charge in [-0.3, -0.25) is 9.36 Å². The Labute approximate surface area is 156 Å². The topological polar surface area (TPSA) is 61.8 Å². The number of hydrogen-bond donors (Lipinski definition) is 0. The van der Waals surface area contributed by atoms with Gasteiger partial charge in [0.15, 0.2) is 0 Å². The van der Waals surface area contributed by atoms with E-state index in [-0.39, 0.29) is 25.6 Å². The first-order valence-electron chi connectivity index (χ1n) is 8.43. The van der Waals surface area contributed by atoms with Crippen molar-refractivity contribution in [1.82, 2.24) is 0 Å². The van der Waals surface area contributed by atoms with Crippen molar-refractivity contribution >= 4 is 13.4 Å². The Morgan fingerprint density at radius 1 is 0.963 bits per heavy atom. The fourth-order valence-corrected chi connectivity index (χ4v) is 3.79. The number of alkyl halides is 2. The molecule has 0 unspecified atom stereocenters. The normalized spacial score (nSPS) is 12.0.